The maximum Gasteiger partial charge on any atom is 0.152 e. The van der Waals surface area contributed by atoms with E-state index < -0.39 is 0 Å². The van der Waals surface area contributed by atoms with Crippen molar-refractivity contribution in [3.8, 4) is 28.4 Å². The molecule has 0 bridgehead atoms. The first-order chi connectivity index (χ1) is 11.7. The van der Waals surface area contributed by atoms with E-state index in [-0.39, 0.29) is 0 Å². The summed E-state index contributed by atoms with van der Waals surface area (Å²) in [5.41, 5.74) is 4.27. The molecule has 0 N–H and O–H groups in total. The van der Waals surface area contributed by atoms with E-state index in [1.165, 1.54) is 4.90 Å². The number of hydrogen-bond donors (Lipinski definition) is 0. The number of nitrogens with zero attached hydrogens (tertiary/aromatic N) is 2. The molecule has 0 unspecified atom stereocenters. The Morgan fingerprint density at radius 2 is 1.96 bits per heavy atom. The van der Waals surface area contributed by atoms with E-state index >= 15 is 0 Å². The molecule has 0 spiro atoms. The number of aryl methyl sites for hydroxylation is 1. The molecule has 0 amide bonds. The third kappa shape index (κ3) is 2.36. The highest BCUT2D eigenvalue weighted by Crippen LogP contribution is 2.38. The van der Waals surface area contributed by atoms with Gasteiger partial charge in [0.15, 0.2) is 5.82 Å². The molecule has 1 aliphatic heterocycles. The molecule has 0 fully saturated rings. The van der Waals surface area contributed by atoms with Gasteiger partial charge in [-0.1, -0.05) is 0 Å². The molecule has 4 nitrogen and oxygen atoms in total. The molecular formula is C19H18N2O2S. The summed E-state index contributed by atoms with van der Waals surface area (Å²) in [5.74, 6) is 2.69. The SMILES string of the molecule is COc1ccc(-c2c(C)nc3n2-c2ccc(SC)cc2OC3)cc1. The number of benzene rings is 2. The van der Waals surface area contributed by atoms with Gasteiger partial charge in [0.05, 0.1) is 24.2 Å². The monoisotopic (exact) mass is 338 g/mol. The van der Waals surface area contributed by atoms with Crippen molar-refractivity contribution in [2.75, 3.05) is 13.4 Å². The van der Waals surface area contributed by atoms with Gasteiger partial charge in [0.2, 0.25) is 0 Å². The summed E-state index contributed by atoms with van der Waals surface area (Å²) in [6.45, 7) is 2.53. The van der Waals surface area contributed by atoms with Crippen LogP contribution in [0.15, 0.2) is 47.4 Å². The third-order valence-corrected chi connectivity index (χ3v) is 4.97. The van der Waals surface area contributed by atoms with E-state index in [0.717, 1.165) is 40.0 Å². The van der Waals surface area contributed by atoms with Crippen LogP contribution in [0, 0.1) is 6.92 Å². The fraction of sp³-hybridized carbons (Fsp3) is 0.211. The second kappa shape index (κ2) is 5.91. The highest BCUT2D eigenvalue weighted by molar-refractivity contribution is 7.98. The summed E-state index contributed by atoms with van der Waals surface area (Å²) in [7, 11) is 1.68. The average Bonchev–Trinajstić information content (AvgIpc) is 2.97. The van der Waals surface area contributed by atoms with Crippen LogP contribution >= 0.6 is 11.8 Å². The van der Waals surface area contributed by atoms with Crippen LogP contribution in [0.5, 0.6) is 11.5 Å². The smallest absolute Gasteiger partial charge is 0.152 e. The standard InChI is InChI=1S/C19H18N2O2S/c1-12-19(13-4-6-14(22-2)7-5-13)21-16-9-8-15(24-3)10-17(16)23-11-18(21)20-12/h4-10H,11H2,1-3H3. The van der Waals surface area contributed by atoms with Crippen LogP contribution in [0.25, 0.3) is 16.9 Å². The lowest BCUT2D eigenvalue weighted by molar-refractivity contribution is 0.279. The predicted molar refractivity (Wildman–Crippen MR) is 96.4 cm³/mol. The number of thioether (sulfide) groups is 1. The topological polar surface area (TPSA) is 36.3 Å². The van der Waals surface area contributed by atoms with Crippen LogP contribution in [0.2, 0.25) is 0 Å². The first-order valence-corrected chi connectivity index (χ1v) is 8.97. The number of rotatable bonds is 3. The minimum atomic E-state index is 0.488. The summed E-state index contributed by atoms with van der Waals surface area (Å²) in [6.07, 6.45) is 2.07. The van der Waals surface area contributed by atoms with E-state index in [9.17, 15) is 0 Å². The van der Waals surface area contributed by atoms with Crippen LogP contribution in [-0.4, -0.2) is 22.9 Å². The minimum absolute atomic E-state index is 0.488. The van der Waals surface area contributed by atoms with Gasteiger partial charge in [-0.25, -0.2) is 4.98 Å². The lowest BCUT2D eigenvalue weighted by Gasteiger charge is -2.22. The molecule has 1 aromatic heterocycles. The zero-order valence-corrected chi connectivity index (χ0v) is 14.7. The molecule has 0 saturated heterocycles. The molecule has 0 radical (unpaired) electrons. The van der Waals surface area contributed by atoms with Crippen molar-refractivity contribution in [3.05, 3.63) is 54.0 Å². The van der Waals surface area contributed by atoms with Crippen LogP contribution in [0.1, 0.15) is 11.5 Å². The van der Waals surface area contributed by atoms with Crippen LogP contribution in [0.4, 0.5) is 0 Å². The second-order valence-corrected chi connectivity index (χ2v) is 6.53. The molecule has 0 saturated carbocycles. The number of ether oxygens (including phenoxy) is 2. The number of hydrogen-bond acceptors (Lipinski definition) is 4. The van der Waals surface area contributed by atoms with Gasteiger partial charge < -0.3 is 9.47 Å². The average molecular weight is 338 g/mol. The van der Waals surface area contributed by atoms with E-state index in [0.29, 0.717) is 6.61 Å². The molecule has 0 atom stereocenters. The summed E-state index contributed by atoms with van der Waals surface area (Å²) in [6, 6.07) is 14.4. The van der Waals surface area contributed by atoms with Gasteiger partial charge in [-0.05, 0) is 55.6 Å². The molecule has 2 aromatic carbocycles. The quantitative estimate of drug-likeness (QED) is 0.660. The van der Waals surface area contributed by atoms with Gasteiger partial charge in [0.1, 0.15) is 18.1 Å². The molecule has 5 heteroatoms. The van der Waals surface area contributed by atoms with E-state index in [2.05, 4.69) is 41.2 Å². The fourth-order valence-electron chi connectivity index (χ4n) is 3.09. The zero-order chi connectivity index (χ0) is 16.7. The molecular weight excluding hydrogens is 320 g/mol. The molecule has 2 heterocycles. The Morgan fingerprint density at radius 1 is 1.17 bits per heavy atom. The van der Waals surface area contributed by atoms with Gasteiger partial charge in [-0.2, -0.15) is 0 Å². The fourth-order valence-corrected chi connectivity index (χ4v) is 3.52. The summed E-state index contributed by atoms with van der Waals surface area (Å²) in [4.78, 5) is 5.91. The van der Waals surface area contributed by atoms with Crippen molar-refractivity contribution in [1.29, 1.82) is 0 Å². The Bertz CT molecular complexity index is 900. The van der Waals surface area contributed by atoms with E-state index in [1.54, 1.807) is 18.9 Å². The number of aromatic nitrogens is 2. The second-order valence-electron chi connectivity index (χ2n) is 5.65. The van der Waals surface area contributed by atoms with Crippen LogP contribution < -0.4 is 9.47 Å². The van der Waals surface area contributed by atoms with E-state index in [1.807, 2.05) is 19.1 Å². The Morgan fingerprint density at radius 3 is 2.67 bits per heavy atom. The highest BCUT2D eigenvalue weighted by Gasteiger charge is 2.24. The first kappa shape index (κ1) is 15.1. The van der Waals surface area contributed by atoms with Gasteiger partial charge >= 0.3 is 0 Å². The van der Waals surface area contributed by atoms with Crippen molar-refractivity contribution in [2.24, 2.45) is 0 Å². The lowest BCUT2D eigenvalue weighted by atomic mass is 10.1. The minimum Gasteiger partial charge on any atom is -0.497 e. The first-order valence-electron chi connectivity index (χ1n) is 7.75. The molecule has 1 aliphatic rings. The molecule has 3 aromatic rings. The summed E-state index contributed by atoms with van der Waals surface area (Å²) < 4.78 is 13.4. The van der Waals surface area contributed by atoms with Crippen molar-refractivity contribution in [2.45, 2.75) is 18.4 Å². The van der Waals surface area contributed by atoms with Crippen LogP contribution in [-0.2, 0) is 6.61 Å². The lowest BCUT2D eigenvalue weighted by Crippen LogP contribution is -2.14. The number of imidazole rings is 1. The number of fused-ring (bicyclic) bond motifs is 3. The molecule has 122 valence electrons. The highest BCUT2D eigenvalue weighted by atomic mass is 32.2. The predicted octanol–water partition coefficient (Wildman–Crippen LogP) is 4.47. The Kier molecular flexibility index (Phi) is 3.73. The van der Waals surface area contributed by atoms with Crippen molar-refractivity contribution < 1.29 is 9.47 Å². The summed E-state index contributed by atoms with van der Waals surface area (Å²) >= 11 is 1.71. The molecule has 4 rings (SSSR count). The van der Waals surface area contributed by atoms with Gasteiger partial charge in [0.25, 0.3) is 0 Å². The van der Waals surface area contributed by atoms with E-state index in [4.69, 9.17) is 14.5 Å². The molecule has 0 aliphatic carbocycles. The normalized spacial score (nSPS) is 12.3. The maximum absolute atomic E-state index is 5.92. The maximum atomic E-state index is 5.92. The van der Waals surface area contributed by atoms with Crippen molar-refractivity contribution >= 4 is 11.8 Å². The van der Waals surface area contributed by atoms with Gasteiger partial charge in [-0.3, -0.25) is 4.57 Å². The van der Waals surface area contributed by atoms with Crippen LogP contribution in [0.3, 0.4) is 0 Å². The Balaban J connectivity index is 1.89. The van der Waals surface area contributed by atoms with Gasteiger partial charge in [0, 0.05) is 10.5 Å². The largest absolute Gasteiger partial charge is 0.497 e. The third-order valence-electron chi connectivity index (χ3n) is 4.25. The Labute approximate surface area is 145 Å². The summed E-state index contributed by atoms with van der Waals surface area (Å²) in [5, 5.41) is 0. The van der Waals surface area contributed by atoms with Crippen molar-refractivity contribution in [1.82, 2.24) is 9.55 Å². The number of methoxy groups -OCH3 is 1. The van der Waals surface area contributed by atoms with Crippen molar-refractivity contribution in [3.63, 3.8) is 0 Å². The zero-order valence-electron chi connectivity index (χ0n) is 13.9. The van der Waals surface area contributed by atoms with Gasteiger partial charge in [-0.15, -0.1) is 11.8 Å². The molecule has 24 heavy (non-hydrogen) atoms. The Hall–Kier alpha value is -2.40.